The number of hydrogen-bond donors (Lipinski definition) is 0. The third-order valence-corrected chi connectivity index (χ3v) is 0. The molecule has 0 radical (unpaired) electrons. The van der Waals surface area contributed by atoms with Gasteiger partial charge in [0.25, 0.3) is 0 Å². The Hall–Kier alpha value is 1.91. The summed E-state index contributed by atoms with van der Waals surface area (Å²) in [6, 6.07) is 0. The van der Waals surface area contributed by atoms with Gasteiger partial charge in [0.05, 0.1) is 0 Å². The van der Waals surface area contributed by atoms with Crippen molar-refractivity contribution in [2.75, 3.05) is 0 Å². The van der Waals surface area contributed by atoms with E-state index in [1.165, 1.54) is 0 Å². The number of hydrogen-bond acceptors (Lipinski definition) is 0. The Balaban J connectivity index is 3.02. The third kappa shape index (κ3) is 24.7. The quantitative estimate of drug-likeness (QED) is 0.599. The molecular weight excluding hydrogens is 331 g/mol. The van der Waals surface area contributed by atoms with E-state index in [1.54, 1.807) is 0 Å². The van der Waals surface area contributed by atoms with Gasteiger partial charge < -0.3 is 0 Å². The first kappa shape index (κ1) is 6.91. The van der Waals surface area contributed by atoms with Crippen LogP contribution in [0.1, 0.15) is 0 Å². The summed E-state index contributed by atoms with van der Waals surface area (Å²) in [5, 5.41) is 0. The van der Waals surface area contributed by atoms with E-state index >= 15 is 0 Å². The average Bonchev–Trinajstić information content (AvgIpc) is 0.722. The summed E-state index contributed by atoms with van der Waals surface area (Å²) in [6.45, 7) is 0. The minimum absolute atomic E-state index is 2.73. The fraction of sp³-hybridized carbons (Fsp3) is 0. The summed E-state index contributed by atoms with van der Waals surface area (Å²) in [6.07, 6.45) is 0. The topological polar surface area (TPSA) is 0 Å². The molecule has 0 rings (SSSR count). The van der Waals surface area contributed by atoms with Crippen molar-refractivity contribution >= 4 is 50.2 Å². The van der Waals surface area contributed by atoms with Gasteiger partial charge in [-0.15, -0.1) is 0 Å². The Morgan fingerprint density at radius 3 is 1.20 bits per heavy atom. The normalized spacial score (nSPS) is 12.0. The SMILES string of the molecule is [F][Ge]([Br])([Br])[Br]. The first-order chi connectivity index (χ1) is 2.00. The first-order valence-corrected chi connectivity index (χ1v) is 16.3. The maximum atomic E-state index is 11.6. The van der Waals surface area contributed by atoms with Gasteiger partial charge in [0.1, 0.15) is 0 Å². The standard InChI is InChI=1S/Br3FGe/c1-5(2,3)4. The molecule has 0 fully saturated rings. The van der Waals surface area contributed by atoms with Crippen molar-refractivity contribution in [3.05, 3.63) is 0 Å². The van der Waals surface area contributed by atoms with Crippen molar-refractivity contribution in [2.24, 2.45) is 0 Å². The molecule has 0 aliphatic carbocycles. The van der Waals surface area contributed by atoms with Crippen molar-refractivity contribution in [2.45, 2.75) is 0 Å². The third-order valence-electron chi connectivity index (χ3n) is 0. The van der Waals surface area contributed by atoms with Crippen LogP contribution < -0.4 is 0 Å². The molecule has 32 valence electrons. The second-order valence-electron chi connectivity index (χ2n) is 0.429. The van der Waals surface area contributed by atoms with Crippen molar-refractivity contribution in [3.8, 4) is 0 Å². The van der Waals surface area contributed by atoms with Gasteiger partial charge >= 0.3 is 53.7 Å². The van der Waals surface area contributed by atoms with Gasteiger partial charge in [0, 0.05) is 0 Å². The van der Waals surface area contributed by atoms with Crippen LogP contribution in [0, 0.1) is 0 Å². The molecule has 5 heteroatoms. The van der Waals surface area contributed by atoms with E-state index in [9.17, 15) is 3.50 Å². The summed E-state index contributed by atoms with van der Waals surface area (Å²) in [7, 11) is -3.06. The molecule has 0 saturated carbocycles. The maximum absolute atomic E-state index is 11.6. The summed E-state index contributed by atoms with van der Waals surface area (Å²) in [4.78, 5) is 0. The Labute approximate surface area is 53.2 Å². The zero-order chi connectivity index (χ0) is 4.50. The van der Waals surface area contributed by atoms with Crippen LogP contribution in [-0.4, -0.2) is 8.20 Å². The molecule has 0 N–H and O–H groups in total. The van der Waals surface area contributed by atoms with Crippen LogP contribution in [-0.2, 0) is 0 Å². The van der Waals surface area contributed by atoms with Crippen molar-refractivity contribution < 1.29 is 3.50 Å². The predicted molar refractivity (Wildman–Crippen MR) is 33.6 cm³/mol. The summed E-state index contributed by atoms with van der Waals surface area (Å²) < 4.78 is 11.6. The Kier molecular flexibility index (Phi) is 3.15. The van der Waals surface area contributed by atoms with E-state index in [4.69, 9.17) is 0 Å². The molecule has 0 aliphatic rings. The summed E-state index contributed by atoms with van der Waals surface area (Å²) >= 11 is 8.19. The number of halogens is 4. The first-order valence-electron chi connectivity index (χ1n) is 0.756. The Morgan fingerprint density at radius 2 is 1.20 bits per heavy atom. The van der Waals surface area contributed by atoms with Crippen LogP contribution in [0.2, 0.25) is 0 Å². The van der Waals surface area contributed by atoms with Gasteiger partial charge in [-0.3, -0.25) is 0 Å². The summed E-state index contributed by atoms with van der Waals surface area (Å²) in [5.74, 6) is 0. The van der Waals surface area contributed by atoms with Crippen molar-refractivity contribution in [1.82, 2.24) is 0 Å². The predicted octanol–water partition coefficient (Wildman–Crippen LogP) is 2.58. The van der Waals surface area contributed by atoms with Crippen molar-refractivity contribution in [1.29, 1.82) is 0 Å². The fourth-order valence-corrected chi connectivity index (χ4v) is 0. The molecule has 0 amide bonds. The van der Waals surface area contributed by atoms with Crippen LogP contribution in [0.3, 0.4) is 0 Å². The molecule has 0 aromatic carbocycles. The average molecular weight is 331 g/mol. The van der Waals surface area contributed by atoms with Crippen LogP contribution >= 0.6 is 42.0 Å². The minimum atomic E-state index is -3.06. The van der Waals surface area contributed by atoms with Gasteiger partial charge in [-0.25, -0.2) is 0 Å². The molecule has 0 aliphatic heterocycles. The molecule has 0 nitrogen and oxygen atoms in total. The Morgan fingerprint density at radius 1 is 1.20 bits per heavy atom. The zero-order valence-electron chi connectivity index (χ0n) is 2.01. The van der Waals surface area contributed by atoms with Crippen LogP contribution in [0.25, 0.3) is 0 Å². The van der Waals surface area contributed by atoms with Gasteiger partial charge in [-0.05, 0) is 0 Å². The molecule has 0 aromatic heterocycles. The molecule has 5 heavy (non-hydrogen) atoms. The molecular formula is Br3FGe. The van der Waals surface area contributed by atoms with E-state index in [2.05, 4.69) is 42.0 Å². The van der Waals surface area contributed by atoms with Crippen molar-refractivity contribution in [3.63, 3.8) is 0 Å². The van der Waals surface area contributed by atoms with Gasteiger partial charge in [0.2, 0.25) is 0 Å². The summed E-state index contributed by atoms with van der Waals surface area (Å²) in [5.41, 5.74) is 0. The van der Waals surface area contributed by atoms with Gasteiger partial charge in [0.15, 0.2) is 0 Å². The molecule has 0 bridgehead atoms. The van der Waals surface area contributed by atoms with Crippen LogP contribution in [0.4, 0.5) is 3.50 Å². The monoisotopic (exact) mass is 330 g/mol. The fourth-order valence-electron chi connectivity index (χ4n) is 0. The molecule has 0 aromatic rings. The zero-order valence-corrected chi connectivity index (χ0v) is 8.87. The van der Waals surface area contributed by atoms with Crippen LogP contribution in [0.5, 0.6) is 0 Å². The molecule has 0 spiro atoms. The molecule has 0 saturated heterocycles. The molecule has 0 heterocycles. The molecule has 0 unspecified atom stereocenters. The van der Waals surface area contributed by atoms with E-state index in [1.807, 2.05) is 0 Å². The van der Waals surface area contributed by atoms with E-state index in [0.717, 1.165) is 0 Å². The number of rotatable bonds is 0. The van der Waals surface area contributed by atoms with Crippen LogP contribution in [0.15, 0.2) is 0 Å². The second kappa shape index (κ2) is 2.28. The molecule has 0 atom stereocenters. The van der Waals surface area contributed by atoms with E-state index in [-0.39, 0.29) is 0 Å². The Bertz CT molecular complexity index is 22.4. The van der Waals surface area contributed by atoms with E-state index in [0.29, 0.717) is 0 Å². The van der Waals surface area contributed by atoms with Gasteiger partial charge in [-0.1, -0.05) is 0 Å². The van der Waals surface area contributed by atoms with Gasteiger partial charge in [-0.2, -0.15) is 0 Å². The second-order valence-corrected chi connectivity index (χ2v) is 35.8. The van der Waals surface area contributed by atoms with E-state index < -0.39 is 8.20 Å².